The van der Waals surface area contributed by atoms with Crippen molar-refractivity contribution in [2.75, 3.05) is 24.3 Å². The lowest BCUT2D eigenvalue weighted by molar-refractivity contribution is 0.415. The number of hydrogen-bond acceptors (Lipinski definition) is 5. The summed E-state index contributed by atoms with van der Waals surface area (Å²) in [5, 5.41) is 6.59. The zero-order valence-electron chi connectivity index (χ0n) is 14.1. The van der Waals surface area contributed by atoms with Crippen molar-refractivity contribution in [2.45, 2.75) is 32.1 Å². The molecule has 126 valence electrons. The molecule has 0 fully saturated rings. The number of nitrogens with zero attached hydrogens (tertiary/aromatic N) is 2. The molecular weight excluding hydrogens is 300 g/mol. The number of nitrogens with one attached hydrogen (secondary N) is 2. The second-order valence-electron chi connectivity index (χ2n) is 5.90. The Bertz CT molecular complexity index is 682. The zero-order chi connectivity index (χ0) is 16.6. The Morgan fingerprint density at radius 3 is 2.75 bits per heavy atom. The lowest BCUT2D eigenvalue weighted by Crippen LogP contribution is -2.07. The lowest BCUT2D eigenvalue weighted by Gasteiger charge is -2.13. The van der Waals surface area contributed by atoms with Crippen LogP contribution in [0, 0.1) is 0 Å². The minimum atomic E-state index is 0.585. The Morgan fingerprint density at radius 2 is 2.00 bits per heavy atom. The van der Waals surface area contributed by atoms with Gasteiger partial charge in [0.25, 0.3) is 0 Å². The predicted octanol–water partition coefficient (Wildman–Crippen LogP) is 4.53. The van der Waals surface area contributed by atoms with Crippen molar-refractivity contribution in [3.63, 3.8) is 0 Å². The summed E-state index contributed by atoms with van der Waals surface area (Å²) in [6, 6.07) is 9.59. The third-order valence-electron chi connectivity index (χ3n) is 4.14. The molecule has 1 aliphatic rings. The molecular formula is C19H24N4O. The van der Waals surface area contributed by atoms with Crippen molar-refractivity contribution in [3.8, 4) is 5.75 Å². The fourth-order valence-electron chi connectivity index (χ4n) is 2.80. The SMILES string of the molecule is COc1ccc(Nc2nccc(NCCC3=CCCCC3)n2)cc1. The highest BCUT2D eigenvalue weighted by Crippen LogP contribution is 2.21. The Kier molecular flexibility index (Phi) is 5.66. The Hall–Kier alpha value is -2.56. The van der Waals surface area contributed by atoms with Gasteiger partial charge >= 0.3 is 0 Å². The van der Waals surface area contributed by atoms with E-state index in [-0.39, 0.29) is 0 Å². The van der Waals surface area contributed by atoms with Gasteiger partial charge in [0.2, 0.25) is 5.95 Å². The van der Waals surface area contributed by atoms with Crippen molar-refractivity contribution in [2.24, 2.45) is 0 Å². The molecule has 0 saturated heterocycles. The molecule has 0 spiro atoms. The summed E-state index contributed by atoms with van der Waals surface area (Å²) >= 11 is 0. The van der Waals surface area contributed by atoms with Gasteiger partial charge in [-0.15, -0.1) is 0 Å². The molecule has 0 aliphatic heterocycles. The van der Waals surface area contributed by atoms with Gasteiger partial charge in [-0.25, -0.2) is 4.98 Å². The molecule has 0 radical (unpaired) electrons. The maximum atomic E-state index is 5.16. The lowest BCUT2D eigenvalue weighted by atomic mass is 9.97. The van der Waals surface area contributed by atoms with Crippen LogP contribution in [0.15, 0.2) is 48.2 Å². The number of rotatable bonds is 7. The molecule has 3 rings (SSSR count). The molecule has 0 saturated carbocycles. The van der Waals surface area contributed by atoms with Gasteiger partial charge in [-0.1, -0.05) is 11.6 Å². The molecule has 1 aliphatic carbocycles. The van der Waals surface area contributed by atoms with Crippen LogP contribution in [0.1, 0.15) is 32.1 Å². The van der Waals surface area contributed by atoms with Gasteiger partial charge in [0.15, 0.2) is 0 Å². The Balaban J connectivity index is 1.54. The van der Waals surface area contributed by atoms with Gasteiger partial charge in [0.05, 0.1) is 7.11 Å². The second kappa shape index (κ2) is 8.34. The molecule has 0 amide bonds. The largest absolute Gasteiger partial charge is 0.497 e. The van der Waals surface area contributed by atoms with Crippen molar-refractivity contribution in [1.82, 2.24) is 9.97 Å². The minimum Gasteiger partial charge on any atom is -0.497 e. The number of allylic oxidation sites excluding steroid dienone is 1. The van der Waals surface area contributed by atoms with Gasteiger partial charge in [-0.05, 0) is 62.4 Å². The first kappa shape index (κ1) is 16.3. The maximum absolute atomic E-state index is 5.16. The molecule has 0 bridgehead atoms. The average molecular weight is 324 g/mol. The van der Waals surface area contributed by atoms with E-state index in [1.54, 1.807) is 18.9 Å². The van der Waals surface area contributed by atoms with Gasteiger partial charge in [0, 0.05) is 18.4 Å². The van der Waals surface area contributed by atoms with Crippen LogP contribution in [0.25, 0.3) is 0 Å². The number of hydrogen-bond donors (Lipinski definition) is 2. The zero-order valence-corrected chi connectivity index (χ0v) is 14.1. The van der Waals surface area contributed by atoms with E-state index >= 15 is 0 Å². The van der Waals surface area contributed by atoms with E-state index in [2.05, 4.69) is 26.7 Å². The molecule has 5 heteroatoms. The summed E-state index contributed by atoms with van der Waals surface area (Å²) in [6.45, 7) is 0.908. The van der Waals surface area contributed by atoms with E-state index in [9.17, 15) is 0 Å². The highest BCUT2D eigenvalue weighted by Gasteiger charge is 2.04. The van der Waals surface area contributed by atoms with Crippen molar-refractivity contribution in [3.05, 3.63) is 48.2 Å². The first-order chi connectivity index (χ1) is 11.8. The highest BCUT2D eigenvalue weighted by atomic mass is 16.5. The molecule has 0 atom stereocenters. The summed E-state index contributed by atoms with van der Waals surface area (Å²) in [4.78, 5) is 8.78. The topological polar surface area (TPSA) is 59.1 Å². The van der Waals surface area contributed by atoms with E-state index in [1.807, 2.05) is 30.3 Å². The monoisotopic (exact) mass is 324 g/mol. The van der Waals surface area contributed by atoms with Crippen LogP contribution in [0.5, 0.6) is 5.75 Å². The molecule has 1 aromatic heterocycles. The fraction of sp³-hybridized carbons (Fsp3) is 0.368. The van der Waals surface area contributed by atoms with Crippen LogP contribution in [0.4, 0.5) is 17.5 Å². The summed E-state index contributed by atoms with van der Waals surface area (Å²) in [5.41, 5.74) is 2.50. The van der Waals surface area contributed by atoms with Crippen LogP contribution >= 0.6 is 0 Å². The summed E-state index contributed by atoms with van der Waals surface area (Å²) in [6.07, 6.45) is 10.4. The van der Waals surface area contributed by atoms with E-state index in [0.29, 0.717) is 5.95 Å². The number of methoxy groups -OCH3 is 1. The molecule has 2 N–H and O–H groups in total. The smallest absolute Gasteiger partial charge is 0.229 e. The third kappa shape index (κ3) is 4.72. The first-order valence-corrected chi connectivity index (χ1v) is 8.49. The van der Waals surface area contributed by atoms with E-state index in [4.69, 9.17) is 4.74 Å². The first-order valence-electron chi connectivity index (χ1n) is 8.49. The second-order valence-corrected chi connectivity index (χ2v) is 5.90. The molecule has 0 unspecified atom stereocenters. The Morgan fingerprint density at radius 1 is 1.12 bits per heavy atom. The van der Waals surface area contributed by atoms with Gasteiger partial charge in [-0.3, -0.25) is 0 Å². The van der Waals surface area contributed by atoms with Crippen LogP contribution in [-0.4, -0.2) is 23.6 Å². The quantitative estimate of drug-likeness (QED) is 0.733. The van der Waals surface area contributed by atoms with Crippen molar-refractivity contribution < 1.29 is 4.74 Å². The molecule has 5 nitrogen and oxygen atoms in total. The summed E-state index contributed by atoms with van der Waals surface area (Å²) in [7, 11) is 1.66. The number of ether oxygens (including phenoxy) is 1. The molecule has 1 heterocycles. The summed E-state index contributed by atoms with van der Waals surface area (Å²) in [5.74, 6) is 2.26. The van der Waals surface area contributed by atoms with E-state index < -0.39 is 0 Å². The third-order valence-corrected chi connectivity index (χ3v) is 4.14. The average Bonchev–Trinajstić information content (AvgIpc) is 2.64. The Labute approximate surface area is 143 Å². The van der Waals surface area contributed by atoms with Crippen LogP contribution in [0.3, 0.4) is 0 Å². The molecule has 2 aromatic rings. The minimum absolute atomic E-state index is 0.585. The maximum Gasteiger partial charge on any atom is 0.229 e. The van der Waals surface area contributed by atoms with Crippen LogP contribution < -0.4 is 15.4 Å². The molecule has 24 heavy (non-hydrogen) atoms. The number of anilines is 3. The normalized spacial score (nSPS) is 14.0. The van der Waals surface area contributed by atoms with Gasteiger partial charge in [-0.2, -0.15) is 4.98 Å². The summed E-state index contributed by atoms with van der Waals surface area (Å²) < 4.78 is 5.16. The van der Waals surface area contributed by atoms with Crippen LogP contribution in [-0.2, 0) is 0 Å². The number of aromatic nitrogens is 2. The van der Waals surface area contributed by atoms with E-state index in [1.165, 1.54) is 25.7 Å². The predicted molar refractivity (Wildman–Crippen MR) is 98.0 cm³/mol. The van der Waals surface area contributed by atoms with E-state index in [0.717, 1.165) is 30.2 Å². The van der Waals surface area contributed by atoms with Gasteiger partial charge in [0.1, 0.15) is 11.6 Å². The van der Waals surface area contributed by atoms with Crippen molar-refractivity contribution in [1.29, 1.82) is 0 Å². The highest BCUT2D eigenvalue weighted by molar-refractivity contribution is 5.55. The molecule has 1 aromatic carbocycles. The number of benzene rings is 1. The van der Waals surface area contributed by atoms with Crippen LogP contribution in [0.2, 0.25) is 0 Å². The fourth-order valence-corrected chi connectivity index (χ4v) is 2.80. The van der Waals surface area contributed by atoms with Gasteiger partial charge < -0.3 is 15.4 Å². The standard InChI is InChI=1S/C19H24N4O/c1-24-17-9-7-16(8-10-17)22-19-21-14-12-18(23-19)20-13-11-15-5-3-2-4-6-15/h5,7-10,12,14H,2-4,6,11,13H2,1H3,(H2,20,21,22,23). The van der Waals surface area contributed by atoms with Crippen molar-refractivity contribution >= 4 is 17.5 Å².